The van der Waals surface area contributed by atoms with Crippen LogP contribution in [0.15, 0.2) is 84.6 Å². The normalized spacial score (nSPS) is 17.5. The highest BCUT2D eigenvalue weighted by Crippen LogP contribution is 2.45. The Morgan fingerprint density at radius 2 is 1.71 bits per heavy atom. The van der Waals surface area contributed by atoms with Gasteiger partial charge >= 0.3 is 0 Å². The predicted octanol–water partition coefficient (Wildman–Crippen LogP) is 5.12. The van der Waals surface area contributed by atoms with Gasteiger partial charge in [0.15, 0.2) is 0 Å². The van der Waals surface area contributed by atoms with E-state index in [0.717, 1.165) is 22.0 Å². The van der Waals surface area contributed by atoms with Crippen LogP contribution in [0.4, 0.5) is 5.69 Å². The van der Waals surface area contributed by atoms with E-state index < -0.39 is 17.7 Å². The van der Waals surface area contributed by atoms with Gasteiger partial charge in [-0.15, -0.1) is 0 Å². The van der Waals surface area contributed by atoms with Crippen LogP contribution in [0.3, 0.4) is 0 Å². The number of fused-ring (bicyclic) bond motifs is 1. The van der Waals surface area contributed by atoms with E-state index >= 15 is 0 Å². The van der Waals surface area contributed by atoms with E-state index in [1.54, 1.807) is 43.5 Å². The molecule has 0 spiro atoms. The van der Waals surface area contributed by atoms with Crippen molar-refractivity contribution in [1.82, 2.24) is 4.57 Å². The average molecular weight is 453 g/mol. The van der Waals surface area contributed by atoms with Crippen LogP contribution in [0.2, 0.25) is 0 Å². The summed E-state index contributed by atoms with van der Waals surface area (Å²) < 4.78 is 7.32. The molecular formula is C28H24N2O4. The van der Waals surface area contributed by atoms with Crippen LogP contribution in [-0.4, -0.2) is 28.5 Å². The van der Waals surface area contributed by atoms with Gasteiger partial charge in [0.2, 0.25) is 0 Å². The number of ketones is 1. The summed E-state index contributed by atoms with van der Waals surface area (Å²) in [6.07, 6.45) is 1.91. The third-order valence-corrected chi connectivity index (χ3v) is 6.32. The van der Waals surface area contributed by atoms with E-state index in [1.807, 2.05) is 61.1 Å². The smallest absolute Gasteiger partial charge is 0.300 e. The van der Waals surface area contributed by atoms with Crippen molar-refractivity contribution in [1.29, 1.82) is 0 Å². The molecule has 1 aliphatic rings. The summed E-state index contributed by atoms with van der Waals surface area (Å²) >= 11 is 0. The van der Waals surface area contributed by atoms with Crippen molar-refractivity contribution < 1.29 is 19.4 Å². The highest BCUT2D eigenvalue weighted by Gasteiger charge is 2.48. The number of benzene rings is 3. The Hall–Kier alpha value is -4.32. The van der Waals surface area contributed by atoms with Crippen LogP contribution in [-0.2, 0) is 16.6 Å². The van der Waals surface area contributed by atoms with Crippen LogP contribution in [0, 0.1) is 6.92 Å². The van der Waals surface area contributed by atoms with Crippen LogP contribution in [0.1, 0.15) is 22.7 Å². The van der Waals surface area contributed by atoms with Gasteiger partial charge in [0.25, 0.3) is 11.7 Å². The summed E-state index contributed by atoms with van der Waals surface area (Å²) in [5, 5.41) is 12.2. The zero-order chi connectivity index (χ0) is 24.0. The molecule has 1 atom stereocenters. The molecule has 34 heavy (non-hydrogen) atoms. The number of para-hydroxylation sites is 1. The van der Waals surface area contributed by atoms with Gasteiger partial charge in [-0.2, -0.15) is 0 Å². The predicted molar refractivity (Wildman–Crippen MR) is 132 cm³/mol. The number of carbonyl (C=O) groups excluding carboxylic acids is 2. The lowest BCUT2D eigenvalue weighted by molar-refractivity contribution is -0.132. The number of nitrogens with zero attached hydrogens (tertiary/aromatic N) is 2. The highest BCUT2D eigenvalue weighted by atomic mass is 16.5. The number of aryl methyl sites for hydroxylation is 2. The van der Waals surface area contributed by atoms with Gasteiger partial charge in [0.1, 0.15) is 11.5 Å². The third-order valence-electron chi connectivity index (χ3n) is 6.32. The van der Waals surface area contributed by atoms with Gasteiger partial charge in [-0.3, -0.25) is 14.5 Å². The Kier molecular flexibility index (Phi) is 5.21. The molecular weight excluding hydrogens is 428 g/mol. The standard InChI is InChI=1S/C28H24N2O4/c1-17-11-13-18(14-12-17)26(31)24-25(22-16-29(2)23-10-5-4-9-21(22)23)30(28(33)27(24)32)19-7-6-8-20(15-19)34-3/h4-16,25,31H,1-3H3/b26-24+. The van der Waals surface area contributed by atoms with Crippen LogP contribution < -0.4 is 9.64 Å². The second-order valence-electron chi connectivity index (χ2n) is 8.45. The van der Waals surface area contributed by atoms with Crippen LogP contribution >= 0.6 is 0 Å². The Morgan fingerprint density at radius 1 is 0.971 bits per heavy atom. The lowest BCUT2D eigenvalue weighted by Crippen LogP contribution is -2.29. The minimum atomic E-state index is -0.806. The van der Waals surface area contributed by atoms with E-state index in [1.165, 1.54) is 4.90 Å². The minimum Gasteiger partial charge on any atom is -0.507 e. The van der Waals surface area contributed by atoms with E-state index in [-0.39, 0.29) is 11.3 Å². The second-order valence-corrected chi connectivity index (χ2v) is 8.45. The number of Topliss-reactive ketones (excluding diaryl/α,β-unsaturated/α-hetero) is 1. The van der Waals surface area contributed by atoms with Crippen molar-refractivity contribution in [2.45, 2.75) is 13.0 Å². The van der Waals surface area contributed by atoms with Gasteiger partial charge in [-0.05, 0) is 25.1 Å². The summed E-state index contributed by atoms with van der Waals surface area (Å²) in [5.74, 6) is -1.05. The molecule has 3 aromatic carbocycles. The number of hydrogen-bond acceptors (Lipinski definition) is 4. The number of aliphatic hydroxyl groups excluding tert-OH is 1. The number of ether oxygens (including phenoxy) is 1. The summed E-state index contributed by atoms with van der Waals surface area (Å²) in [7, 11) is 3.47. The van der Waals surface area contributed by atoms with Crippen molar-refractivity contribution in [3.8, 4) is 5.75 Å². The first kappa shape index (κ1) is 21.5. The number of amides is 1. The second kappa shape index (κ2) is 8.23. The average Bonchev–Trinajstić information content (AvgIpc) is 3.32. The first-order valence-electron chi connectivity index (χ1n) is 11.0. The van der Waals surface area contributed by atoms with E-state index in [2.05, 4.69) is 0 Å². The maximum absolute atomic E-state index is 13.4. The SMILES string of the molecule is COc1cccc(N2C(=O)C(=O)/C(=C(/O)c3ccc(C)cc3)C2c2cn(C)c3ccccc23)c1. The molecule has 2 heterocycles. The van der Waals surface area contributed by atoms with Gasteiger partial charge in [0, 0.05) is 47.0 Å². The monoisotopic (exact) mass is 452 g/mol. The Labute approximate surface area is 197 Å². The number of hydrogen-bond donors (Lipinski definition) is 1. The summed E-state index contributed by atoms with van der Waals surface area (Å²) in [5.41, 5.74) is 3.81. The Bertz CT molecular complexity index is 1460. The van der Waals surface area contributed by atoms with Crippen molar-refractivity contribution in [3.05, 3.63) is 101 Å². The summed E-state index contributed by atoms with van der Waals surface area (Å²) in [6, 6.07) is 21.3. The highest BCUT2D eigenvalue weighted by molar-refractivity contribution is 6.51. The Balaban J connectivity index is 1.80. The third kappa shape index (κ3) is 3.35. The molecule has 1 fully saturated rings. The number of anilines is 1. The first-order chi connectivity index (χ1) is 16.4. The van der Waals surface area contributed by atoms with Crippen molar-refractivity contribution >= 4 is 34.0 Å². The number of methoxy groups -OCH3 is 1. The number of aromatic nitrogens is 1. The molecule has 6 nitrogen and oxygen atoms in total. The molecule has 1 amide bonds. The molecule has 1 saturated heterocycles. The fraction of sp³-hybridized carbons (Fsp3) is 0.143. The summed E-state index contributed by atoms with van der Waals surface area (Å²) in [4.78, 5) is 28.3. The zero-order valence-corrected chi connectivity index (χ0v) is 19.1. The molecule has 5 rings (SSSR count). The minimum absolute atomic E-state index is 0.0630. The topological polar surface area (TPSA) is 71.8 Å². The maximum Gasteiger partial charge on any atom is 0.300 e. The molecule has 4 aromatic rings. The molecule has 170 valence electrons. The molecule has 1 N–H and O–H groups in total. The summed E-state index contributed by atoms with van der Waals surface area (Å²) in [6.45, 7) is 1.95. The first-order valence-corrected chi connectivity index (χ1v) is 11.0. The zero-order valence-electron chi connectivity index (χ0n) is 19.1. The van der Waals surface area contributed by atoms with Gasteiger partial charge < -0.3 is 14.4 Å². The molecule has 6 heteroatoms. The van der Waals surface area contributed by atoms with Gasteiger partial charge in [-0.1, -0.05) is 54.1 Å². The lowest BCUT2D eigenvalue weighted by atomic mass is 9.94. The molecule has 0 saturated carbocycles. The van der Waals surface area contributed by atoms with E-state index in [4.69, 9.17) is 4.74 Å². The maximum atomic E-state index is 13.4. The molecule has 1 unspecified atom stereocenters. The van der Waals surface area contributed by atoms with Gasteiger partial charge in [-0.25, -0.2) is 0 Å². The Morgan fingerprint density at radius 3 is 2.44 bits per heavy atom. The number of aliphatic hydroxyl groups is 1. The van der Waals surface area contributed by atoms with Crippen molar-refractivity contribution in [2.24, 2.45) is 7.05 Å². The fourth-order valence-electron chi connectivity index (χ4n) is 4.61. The molecule has 0 aliphatic carbocycles. The quantitative estimate of drug-likeness (QED) is 0.265. The van der Waals surface area contributed by atoms with E-state index in [0.29, 0.717) is 17.0 Å². The lowest BCUT2D eigenvalue weighted by Gasteiger charge is -2.25. The van der Waals surface area contributed by atoms with Crippen LogP contribution in [0.5, 0.6) is 5.75 Å². The van der Waals surface area contributed by atoms with Gasteiger partial charge in [0.05, 0.1) is 18.7 Å². The van der Waals surface area contributed by atoms with E-state index in [9.17, 15) is 14.7 Å². The van der Waals surface area contributed by atoms with Crippen molar-refractivity contribution in [2.75, 3.05) is 12.0 Å². The molecule has 0 bridgehead atoms. The molecule has 0 radical (unpaired) electrons. The van der Waals surface area contributed by atoms with Crippen molar-refractivity contribution in [3.63, 3.8) is 0 Å². The largest absolute Gasteiger partial charge is 0.507 e. The number of rotatable bonds is 4. The van der Waals surface area contributed by atoms with Crippen LogP contribution in [0.25, 0.3) is 16.7 Å². The number of carbonyl (C=O) groups is 2. The molecule has 1 aliphatic heterocycles. The molecule has 1 aromatic heterocycles. The fourth-order valence-corrected chi connectivity index (χ4v) is 4.61.